The van der Waals surface area contributed by atoms with Gasteiger partial charge in [-0.05, 0) is 25.3 Å². The standard InChI is InChI=1S/C10H19NO/c1-8(2)10(6-12-7-10)9-4-3-5-11-9/h8-9,11H,3-7H2,1-2H3. The second kappa shape index (κ2) is 3.00. The molecule has 0 aliphatic carbocycles. The van der Waals surface area contributed by atoms with Gasteiger partial charge in [-0.25, -0.2) is 0 Å². The van der Waals surface area contributed by atoms with E-state index in [1.807, 2.05) is 0 Å². The van der Waals surface area contributed by atoms with Crippen LogP contribution in [0.15, 0.2) is 0 Å². The molecule has 2 heteroatoms. The van der Waals surface area contributed by atoms with Gasteiger partial charge >= 0.3 is 0 Å². The van der Waals surface area contributed by atoms with Crippen LogP contribution in [0.5, 0.6) is 0 Å². The van der Waals surface area contributed by atoms with Crippen LogP contribution in [0, 0.1) is 11.3 Å². The van der Waals surface area contributed by atoms with Crippen molar-refractivity contribution in [3.63, 3.8) is 0 Å². The van der Waals surface area contributed by atoms with Crippen molar-refractivity contribution < 1.29 is 4.74 Å². The molecule has 2 fully saturated rings. The topological polar surface area (TPSA) is 21.3 Å². The van der Waals surface area contributed by atoms with Crippen LogP contribution in [0.25, 0.3) is 0 Å². The number of hydrogen-bond donors (Lipinski definition) is 1. The number of nitrogens with one attached hydrogen (secondary N) is 1. The molecule has 2 rings (SSSR count). The van der Waals surface area contributed by atoms with Gasteiger partial charge in [0.05, 0.1) is 13.2 Å². The van der Waals surface area contributed by atoms with E-state index in [1.165, 1.54) is 19.4 Å². The molecule has 2 heterocycles. The Balaban J connectivity index is 2.05. The molecule has 2 aliphatic heterocycles. The molecule has 12 heavy (non-hydrogen) atoms. The zero-order chi connectivity index (χ0) is 8.60. The molecule has 0 aromatic rings. The maximum Gasteiger partial charge on any atom is 0.0562 e. The molecule has 2 nitrogen and oxygen atoms in total. The van der Waals surface area contributed by atoms with Crippen LogP contribution < -0.4 is 5.32 Å². The zero-order valence-electron chi connectivity index (χ0n) is 8.10. The summed E-state index contributed by atoms with van der Waals surface area (Å²) in [5.41, 5.74) is 0.469. The van der Waals surface area contributed by atoms with Gasteiger partial charge in [0.2, 0.25) is 0 Å². The van der Waals surface area contributed by atoms with Gasteiger partial charge in [-0.3, -0.25) is 0 Å². The van der Waals surface area contributed by atoms with Gasteiger partial charge in [0, 0.05) is 11.5 Å². The van der Waals surface area contributed by atoms with Crippen molar-refractivity contribution in [3.05, 3.63) is 0 Å². The Labute approximate surface area is 74.7 Å². The van der Waals surface area contributed by atoms with Gasteiger partial charge in [0.25, 0.3) is 0 Å². The predicted octanol–water partition coefficient (Wildman–Crippen LogP) is 1.41. The summed E-state index contributed by atoms with van der Waals surface area (Å²) in [6.07, 6.45) is 2.70. The molecule has 2 saturated heterocycles. The number of rotatable bonds is 2. The SMILES string of the molecule is CC(C)C1(C2CCCN2)COC1. The lowest BCUT2D eigenvalue weighted by Gasteiger charge is -2.49. The molecule has 0 spiro atoms. The van der Waals surface area contributed by atoms with Crippen LogP contribution in [0.3, 0.4) is 0 Å². The minimum atomic E-state index is 0.469. The number of hydrogen-bond acceptors (Lipinski definition) is 2. The van der Waals surface area contributed by atoms with E-state index in [4.69, 9.17) is 4.74 Å². The lowest BCUT2D eigenvalue weighted by Crippen LogP contribution is -2.58. The Morgan fingerprint density at radius 1 is 1.42 bits per heavy atom. The Bertz CT molecular complexity index is 157. The first-order valence-electron chi connectivity index (χ1n) is 5.07. The average Bonchev–Trinajstić information content (AvgIpc) is 2.35. The van der Waals surface area contributed by atoms with Gasteiger partial charge in [0.1, 0.15) is 0 Å². The Morgan fingerprint density at radius 3 is 2.50 bits per heavy atom. The van der Waals surface area contributed by atoms with Crippen LogP contribution >= 0.6 is 0 Å². The Hall–Kier alpha value is -0.0800. The quantitative estimate of drug-likeness (QED) is 0.675. The highest BCUT2D eigenvalue weighted by atomic mass is 16.5. The summed E-state index contributed by atoms with van der Waals surface area (Å²) in [5, 5.41) is 3.60. The van der Waals surface area contributed by atoms with Crippen molar-refractivity contribution in [3.8, 4) is 0 Å². The van der Waals surface area contributed by atoms with Crippen molar-refractivity contribution >= 4 is 0 Å². The largest absolute Gasteiger partial charge is 0.380 e. The third-order valence-corrected chi connectivity index (χ3v) is 3.65. The highest BCUT2D eigenvalue weighted by Gasteiger charge is 2.48. The molecule has 0 bridgehead atoms. The maximum absolute atomic E-state index is 5.37. The van der Waals surface area contributed by atoms with Crippen LogP contribution in [0.2, 0.25) is 0 Å². The van der Waals surface area contributed by atoms with Crippen molar-refractivity contribution in [2.24, 2.45) is 11.3 Å². The van der Waals surface area contributed by atoms with Crippen LogP contribution in [-0.2, 0) is 4.74 Å². The van der Waals surface area contributed by atoms with Crippen LogP contribution in [0.4, 0.5) is 0 Å². The summed E-state index contributed by atoms with van der Waals surface area (Å²) in [6.45, 7) is 7.80. The van der Waals surface area contributed by atoms with E-state index in [9.17, 15) is 0 Å². The monoisotopic (exact) mass is 169 g/mol. The zero-order valence-corrected chi connectivity index (χ0v) is 8.10. The van der Waals surface area contributed by atoms with E-state index in [1.54, 1.807) is 0 Å². The van der Waals surface area contributed by atoms with Gasteiger partial charge < -0.3 is 10.1 Å². The summed E-state index contributed by atoms with van der Waals surface area (Å²) >= 11 is 0. The minimum Gasteiger partial charge on any atom is -0.380 e. The van der Waals surface area contributed by atoms with Gasteiger partial charge in [-0.1, -0.05) is 13.8 Å². The van der Waals surface area contributed by atoms with Crippen molar-refractivity contribution in [2.45, 2.75) is 32.7 Å². The van der Waals surface area contributed by atoms with Crippen LogP contribution in [-0.4, -0.2) is 25.8 Å². The molecule has 0 aromatic carbocycles. The first-order chi connectivity index (χ1) is 5.76. The summed E-state index contributed by atoms with van der Waals surface area (Å²) < 4.78 is 5.37. The van der Waals surface area contributed by atoms with Crippen molar-refractivity contribution in [1.29, 1.82) is 0 Å². The average molecular weight is 169 g/mol. The molecule has 1 atom stereocenters. The van der Waals surface area contributed by atoms with Crippen molar-refractivity contribution in [1.82, 2.24) is 5.32 Å². The first-order valence-corrected chi connectivity index (χ1v) is 5.07. The summed E-state index contributed by atoms with van der Waals surface area (Å²) in [7, 11) is 0. The summed E-state index contributed by atoms with van der Waals surface area (Å²) in [4.78, 5) is 0. The molecule has 1 unspecified atom stereocenters. The van der Waals surface area contributed by atoms with E-state index < -0.39 is 0 Å². The smallest absolute Gasteiger partial charge is 0.0562 e. The third kappa shape index (κ3) is 1.09. The van der Waals surface area contributed by atoms with Gasteiger partial charge in [-0.15, -0.1) is 0 Å². The number of ether oxygens (including phenoxy) is 1. The van der Waals surface area contributed by atoms with Crippen LogP contribution in [0.1, 0.15) is 26.7 Å². The molecule has 0 radical (unpaired) electrons. The lowest BCUT2D eigenvalue weighted by molar-refractivity contribution is -0.155. The van der Waals surface area contributed by atoms with Gasteiger partial charge in [0.15, 0.2) is 0 Å². The van der Waals surface area contributed by atoms with E-state index in [-0.39, 0.29) is 0 Å². The fourth-order valence-corrected chi connectivity index (χ4v) is 2.45. The second-order valence-corrected chi connectivity index (χ2v) is 4.53. The highest BCUT2D eigenvalue weighted by molar-refractivity contribution is 5.00. The minimum absolute atomic E-state index is 0.469. The van der Waals surface area contributed by atoms with E-state index >= 15 is 0 Å². The fraction of sp³-hybridized carbons (Fsp3) is 1.00. The van der Waals surface area contributed by atoms with E-state index in [0.717, 1.165) is 25.2 Å². The molecule has 0 saturated carbocycles. The maximum atomic E-state index is 5.37. The Morgan fingerprint density at radius 2 is 2.17 bits per heavy atom. The van der Waals surface area contributed by atoms with E-state index in [0.29, 0.717) is 5.41 Å². The highest BCUT2D eigenvalue weighted by Crippen LogP contribution is 2.41. The Kier molecular flexibility index (Phi) is 2.13. The molecule has 0 aromatic heterocycles. The molecule has 0 amide bonds. The molecular formula is C10H19NO. The van der Waals surface area contributed by atoms with Gasteiger partial charge in [-0.2, -0.15) is 0 Å². The molecular weight excluding hydrogens is 150 g/mol. The second-order valence-electron chi connectivity index (χ2n) is 4.53. The fourth-order valence-electron chi connectivity index (χ4n) is 2.45. The predicted molar refractivity (Wildman–Crippen MR) is 49.1 cm³/mol. The summed E-state index contributed by atoms with van der Waals surface area (Å²) in [6, 6.07) is 0.728. The normalized spacial score (nSPS) is 33.8. The molecule has 2 aliphatic rings. The third-order valence-electron chi connectivity index (χ3n) is 3.65. The molecule has 70 valence electrons. The first kappa shape index (κ1) is 8.52. The van der Waals surface area contributed by atoms with E-state index in [2.05, 4.69) is 19.2 Å². The lowest BCUT2D eigenvalue weighted by atomic mass is 9.69. The molecule has 1 N–H and O–H groups in total. The van der Waals surface area contributed by atoms with Crippen molar-refractivity contribution in [2.75, 3.05) is 19.8 Å². The summed E-state index contributed by atoms with van der Waals surface area (Å²) in [5.74, 6) is 0.752.